The quantitative estimate of drug-likeness (QED) is 0.751. The van der Waals surface area contributed by atoms with E-state index in [1.807, 2.05) is 12.1 Å². The van der Waals surface area contributed by atoms with Crippen molar-refractivity contribution in [3.8, 4) is 5.75 Å². The van der Waals surface area contributed by atoms with Gasteiger partial charge in [-0.3, -0.25) is 0 Å². The lowest BCUT2D eigenvalue weighted by molar-refractivity contribution is 0.0697. The molecule has 1 fully saturated rings. The second-order valence-corrected chi connectivity index (χ2v) is 5.57. The van der Waals surface area contributed by atoms with Gasteiger partial charge < -0.3 is 25.7 Å². The summed E-state index contributed by atoms with van der Waals surface area (Å²) in [6, 6.07) is 12.1. The Kier molecular flexibility index (Phi) is 3.97. The van der Waals surface area contributed by atoms with Crippen LogP contribution >= 0.6 is 0 Å². The number of nitrogen functional groups attached to an aromatic ring is 1. The smallest absolute Gasteiger partial charge is 0.337 e. The van der Waals surface area contributed by atoms with Gasteiger partial charge in [-0.25, -0.2) is 4.79 Å². The van der Waals surface area contributed by atoms with Crippen LogP contribution in [-0.4, -0.2) is 42.4 Å². The third kappa shape index (κ3) is 3.15. The number of carboxylic acid groups (broad SMARTS) is 1. The Balaban J connectivity index is 1.74. The van der Waals surface area contributed by atoms with Gasteiger partial charge in [0.25, 0.3) is 0 Å². The van der Waals surface area contributed by atoms with Crippen molar-refractivity contribution in [2.24, 2.45) is 0 Å². The molecule has 0 spiro atoms. The van der Waals surface area contributed by atoms with Crippen LogP contribution in [0.4, 0.5) is 17.1 Å². The van der Waals surface area contributed by atoms with E-state index in [9.17, 15) is 15.0 Å². The van der Waals surface area contributed by atoms with Crippen molar-refractivity contribution in [1.29, 1.82) is 0 Å². The first-order valence-corrected chi connectivity index (χ1v) is 7.46. The molecule has 0 atom stereocenters. The molecule has 23 heavy (non-hydrogen) atoms. The van der Waals surface area contributed by atoms with E-state index in [1.165, 1.54) is 6.07 Å². The van der Waals surface area contributed by atoms with Crippen LogP contribution in [0.15, 0.2) is 42.5 Å². The van der Waals surface area contributed by atoms with Crippen LogP contribution in [0.25, 0.3) is 0 Å². The molecule has 2 aromatic rings. The van der Waals surface area contributed by atoms with Crippen LogP contribution in [0.3, 0.4) is 0 Å². The minimum absolute atomic E-state index is 0.239. The summed E-state index contributed by atoms with van der Waals surface area (Å²) in [4.78, 5) is 15.7. The molecule has 0 unspecified atom stereocenters. The molecule has 0 bridgehead atoms. The molecule has 0 radical (unpaired) electrons. The highest BCUT2D eigenvalue weighted by Crippen LogP contribution is 2.26. The Morgan fingerprint density at radius 2 is 1.57 bits per heavy atom. The molecule has 0 aromatic heterocycles. The van der Waals surface area contributed by atoms with Crippen molar-refractivity contribution in [1.82, 2.24) is 0 Å². The Labute approximate surface area is 134 Å². The molecule has 0 amide bonds. The number of nitrogens with zero attached hydrogens (tertiary/aromatic N) is 2. The molecule has 0 aliphatic carbocycles. The van der Waals surface area contributed by atoms with Crippen molar-refractivity contribution in [3.63, 3.8) is 0 Å². The maximum absolute atomic E-state index is 11.4. The highest BCUT2D eigenvalue weighted by Gasteiger charge is 2.21. The fraction of sp³-hybridized carbons (Fsp3) is 0.235. The zero-order valence-electron chi connectivity index (χ0n) is 12.6. The lowest BCUT2D eigenvalue weighted by Crippen LogP contribution is -2.47. The maximum atomic E-state index is 11.4. The van der Waals surface area contributed by atoms with E-state index in [2.05, 4.69) is 9.80 Å². The van der Waals surface area contributed by atoms with Gasteiger partial charge in [0.1, 0.15) is 5.75 Å². The van der Waals surface area contributed by atoms with Crippen molar-refractivity contribution in [2.75, 3.05) is 41.7 Å². The highest BCUT2D eigenvalue weighted by atomic mass is 16.4. The summed E-state index contributed by atoms with van der Waals surface area (Å²) in [5.41, 5.74) is 8.15. The summed E-state index contributed by atoms with van der Waals surface area (Å²) in [7, 11) is 0. The minimum atomic E-state index is -0.965. The monoisotopic (exact) mass is 313 g/mol. The molecule has 120 valence electrons. The van der Waals surface area contributed by atoms with Gasteiger partial charge in [-0.15, -0.1) is 0 Å². The molecule has 0 saturated carbocycles. The van der Waals surface area contributed by atoms with Gasteiger partial charge in [-0.05, 0) is 42.5 Å². The largest absolute Gasteiger partial charge is 0.508 e. The molecule has 1 saturated heterocycles. The van der Waals surface area contributed by atoms with Gasteiger partial charge >= 0.3 is 5.97 Å². The number of phenolic OH excluding ortho intramolecular Hbond substituents is 1. The van der Waals surface area contributed by atoms with Gasteiger partial charge in [0, 0.05) is 37.6 Å². The van der Waals surface area contributed by atoms with Gasteiger partial charge in [0.2, 0.25) is 0 Å². The number of carbonyl (C=O) groups is 1. The predicted octanol–water partition coefficient (Wildman–Crippen LogP) is 2.00. The summed E-state index contributed by atoms with van der Waals surface area (Å²) < 4.78 is 0. The second-order valence-electron chi connectivity index (χ2n) is 5.57. The number of anilines is 3. The maximum Gasteiger partial charge on any atom is 0.337 e. The number of phenols is 1. The Morgan fingerprint density at radius 1 is 0.957 bits per heavy atom. The number of hydrogen-bond acceptors (Lipinski definition) is 5. The number of hydrogen-bond donors (Lipinski definition) is 3. The van der Waals surface area contributed by atoms with Crippen molar-refractivity contribution >= 4 is 23.0 Å². The van der Waals surface area contributed by atoms with E-state index in [0.29, 0.717) is 11.4 Å². The van der Waals surface area contributed by atoms with Crippen molar-refractivity contribution in [2.45, 2.75) is 0 Å². The van der Waals surface area contributed by atoms with Gasteiger partial charge in [-0.1, -0.05) is 0 Å². The van der Waals surface area contributed by atoms with Crippen molar-refractivity contribution < 1.29 is 15.0 Å². The number of nitrogens with two attached hydrogens (primary N) is 1. The van der Waals surface area contributed by atoms with Crippen LogP contribution in [0.5, 0.6) is 5.75 Å². The first-order valence-electron chi connectivity index (χ1n) is 7.46. The number of rotatable bonds is 3. The lowest BCUT2D eigenvalue weighted by Gasteiger charge is -2.38. The average molecular weight is 313 g/mol. The first kappa shape index (κ1) is 15.0. The normalized spacial score (nSPS) is 14.8. The standard InChI is InChI=1S/C17H19N3O3/c18-12-1-6-16(15(11-12)17(22)23)20-9-7-19(8-10-20)13-2-4-14(21)5-3-13/h1-6,11,21H,7-10,18H2,(H,22,23). The number of benzene rings is 2. The summed E-state index contributed by atoms with van der Waals surface area (Å²) in [5.74, 6) is -0.714. The van der Waals surface area contributed by atoms with E-state index in [-0.39, 0.29) is 11.3 Å². The topological polar surface area (TPSA) is 90.0 Å². The Bertz CT molecular complexity index is 708. The second kappa shape index (κ2) is 6.08. The molecule has 6 heteroatoms. The number of aromatic hydroxyl groups is 1. The van der Waals surface area contributed by atoms with Gasteiger partial charge in [0.05, 0.1) is 11.3 Å². The zero-order valence-corrected chi connectivity index (χ0v) is 12.6. The average Bonchev–Trinajstić information content (AvgIpc) is 2.56. The molecule has 6 nitrogen and oxygen atoms in total. The number of piperazine rings is 1. The summed E-state index contributed by atoms with van der Waals surface area (Å²) >= 11 is 0. The number of carboxylic acids is 1. The molecule has 1 aliphatic heterocycles. The van der Waals surface area contributed by atoms with Crippen LogP contribution in [-0.2, 0) is 0 Å². The Hall–Kier alpha value is -2.89. The van der Waals surface area contributed by atoms with E-state index < -0.39 is 5.97 Å². The van der Waals surface area contributed by atoms with Gasteiger partial charge in [0.15, 0.2) is 0 Å². The van der Waals surface area contributed by atoms with E-state index in [1.54, 1.807) is 24.3 Å². The number of aromatic carboxylic acids is 1. The predicted molar refractivity (Wildman–Crippen MR) is 90.3 cm³/mol. The summed E-state index contributed by atoms with van der Waals surface area (Å²) in [5, 5.41) is 18.7. The van der Waals surface area contributed by atoms with Gasteiger partial charge in [-0.2, -0.15) is 0 Å². The van der Waals surface area contributed by atoms with Crippen molar-refractivity contribution in [3.05, 3.63) is 48.0 Å². The SMILES string of the molecule is Nc1ccc(N2CCN(c3ccc(O)cc3)CC2)c(C(=O)O)c1. The highest BCUT2D eigenvalue weighted by molar-refractivity contribution is 5.95. The van der Waals surface area contributed by atoms with Crippen LogP contribution in [0, 0.1) is 0 Å². The fourth-order valence-electron chi connectivity index (χ4n) is 2.87. The molecular weight excluding hydrogens is 294 g/mol. The van der Waals surface area contributed by atoms with E-state index in [4.69, 9.17) is 5.73 Å². The van der Waals surface area contributed by atoms with E-state index >= 15 is 0 Å². The first-order chi connectivity index (χ1) is 11.0. The zero-order chi connectivity index (χ0) is 16.4. The third-order valence-corrected chi connectivity index (χ3v) is 4.09. The Morgan fingerprint density at radius 3 is 2.17 bits per heavy atom. The van der Waals surface area contributed by atoms with Crippen LogP contribution in [0.2, 0.25) is 0 Å². The summed E-state index contributed by atoms with van der Waals surface area (Å²) in [6.45, 7) is 3.03. The summed E-state index contributed by atoms with van der Waals surface area (Å²) in [6.07, 6.45) is 0. The fourth-order valence-corrected chi connectivity index (χ4v) is 2.87. The molecule has 4 N–H and O–H groups in total. The van der Waals surface area contributed by atoms with E-state index in [0.717, 1.165) is 31.9 Å². The minimum Gasteiger partial charge on any atom is -0.508 e. The van der Waals surface area contributed by atoms with Crippen LogP contribution < -0.4 is 15.5 Å². The molecule has 3 rings (SSSR count). The molecule has 1 aliphatic rings. The molecule has 2 aromatic carbocycles. The van der Waals surface area contributed by atoms with Crippen LogP contribution in [0.1, 0.15) is 10.4 Å². The third-order valence-electron chi connectivity index (χ3n) is 4.09. The molecule has 1 heterocycles. The lowest BCUT2D eigenvalue weighted by atomic mass is 10.1. The molecular formula is C17H19N3O3.